The Balaban J connectivity index is 1.99. The first kappa shape index (κ1) is 38.0. The minimum Gasteiger partial charge on any atom is -0.489 e. The average molecular weight is 693 g/mol. The molecule has 2 aromatic carbocycles. The first-order chi connectivity index (χ1) is 20.8. The number of benzene rings is 2. The second-order valence-electron chi connectivity index (χ2n) is 11.1. The lowest BCUT2D eigenvalue weighted by atomic mass is 10.0. The van der Waals surface area contributed by atoms with Crippen LogP contribution in [0.4, 0.5) is 0 Å². The Hall–Kier alpha value is -2.20. The number of nitrogens with one attached hydrogen (secondary N) is 2. The number of rotatable bonds is 18. The Morgan fingerprint density at radius 3 is 1.34 bits per heavy atom. The van der Waals surface area contributed by atoms with Crippen LogP contribution in [-0.2, 0) is 19.1 Å². The molecule has 0 fully saturated rings. The van der Waals surface area contributed by atoms with Gasteiger partial charge >= 0.3 is 11.9 Å². The molecule has 2 N–H and O–H groups in total. The summed E-state index contributed by atoms with van der Waals surface area (Å²) in [5, 5.41) is 7.78. The molecule has 8 nitrogen and oxygen atoms in total. The van der Waals surface area contributed by atoms with Gasteiger partial charge in [-0.25, -0.2) is 9.59 Å². The van der Waals surface area contributed by atoms with Crippen LogP contribution in [-0.4, -0.2) is 50.7 Å². The maximum absolute atomic E-state index is 12.6. The van der Waals surface area contributed by atoms with Gasteiger partial charge in [-0.15, -0.1) is 0 Å². The van der Waals surface area contributed by atoms with Crippen LogP contribution in [0.5, 0.6) is 11.5 Å². The third kappa shape index (κ3) is 14.3. The lowest BCUT2D eigenvalue weighted by Gasteiger charge is -2.26. The van der Waals surface area contributed by atoms with Crippen LogP contribution < -0.4 is 20.1 Å². The van der Waals surface area contributed by atoms with E-state index in [1.54, 1.807) is 50.5 Å². The minimum atomic E-state index is -0.719. The molecule has 4 unspecified atom stereocenters. The molecule has 12 heteroatoms. The molecular formula is C32H42Cl4N2O6. The van der Waals surface area contributed by atoms with Crippen LogP contribution in [0.3, 0.4) is 0 Å². The fourth-order valence-corrected chi connectivity index (χ4v) is 5.00. The van der Waals surface area contributed by atoms with Crippen molar-refractivity contribution in [2.24, 2.45) is 11.8 Å². The summed E-state index contributed by atoms with van der Waals surface area (Å²) >= 11 is 24.8. The molecule has 0 aromatic heterocycles. The number of esters is 2. The second-order valence-corrected chi connectivity index (χ2v) is 12.8. The Morgan fingerprint density at radius 1 is 0.659 bits per heavy atom. The number of carbonyl (C=O) groups excluding carboxylic acids is 2. The van der Waals surface area contributed by atoms with E-state index in [9.17, 15) is 9.59 Å². The molecule has 2 rings (SSSR count). The third-order valence-corrected chi connectivity index (χ3v) is 7.41. The highest BCUT2D eigenvalue weighted by molar-refractivity contribution is 6.34. The number of hydrogen-bond acceptors (Lipinski definition) is 8. The normalized spacial score (nSPS) is 14.4. The molecule has 0 bridgehead atoms. The lowest BCUT2D eigenvalue weighted by molar-refractivity contribution is -0.148. The summed E-state index contributed by atoms with van der Waals surface area (Å²) in [7, 11) is 3.33. The van der Waals surface area contributed by atoms with E-state index in [1.807, 2.05) is 0 Å². The molecule has 44 heavy (non-hydrogen) atoms. The first-order valence-corrected chi connectivity index (χ1v) is 16.0. The Morgan fingerprint density at radius 2 is 1.02 bits per heavy atom. The van der Waals surface area contributed by atoms with Crippen molar-refractivity contribution in [1.29, 1.82) is 0 Å². The van der Waals surface area contributed by atoms with Crippen molar-refractivity contribution in [1.82, 2.24) is 10.6 Å². The van der Waals surface area contributed by atoms with E-state index < -0.39 is 24.4 Å². The molecule has 4 atom stereocenters. The highest BCUT2D eigenvalue weighted by atomic mass is 35.5. The maximum Gasteiger partial charge on any atom is 0.332 e. The van der Waals surface area contributed by atoms with Crippen molar-refractivity contribution >= 4 is 58.3 Å². The molecule has 0 aliphatic heterocycles. The standard InChI is InChI=1S/C32H42Cl4N2O6/c1-19(2)13-23(41-27-15-21(33)7-9-25(27)35)17-29(37-5)43-31(39)11-12-32(40)44-30(38-6)18-24(14-20(3)4)42-28-16-22(34)8-10-26(28)36/h7-12,15-16,19-20,23-24,29-30,37-38H,13-14,17-18H2,1-6H3/b12-11+. The monoisotopic (exact) mass is 690 g/mol. The molecule has 2 aromatic rings. The molecule has 0 aliphatic carbocycles. The summed E-state index contributed by atoms with van der Waals surface area (Å²) in [4.78, 5) is 25.2. The van der Waals surface area contributed by atoms with E-state index in [-0.39, 0.29) is 12.2 Å². The average Bonchev–Trinajstić information content (AvgIpc) is 2.94. The zero-order valence-corrected chi connectivity index (χ0v) is 28.9. The van der Waals surface area contributed by atoms with Crippen LogP contribution in [0.15, 0.2) is 48.6 Å². The van der Waals surface area contributed by atoms with E-state index in [2.05, 4.69) is 38.3 Å². The summed E-state index contributed by atoms with van der Waals surface area (Å²) in [5.74, 6) is 0.0582. The lowest BCUT2D eigenvalue weighted by Crippen LogP contribution is -2.37. The van der Waals surface area contributed by atoms with Gasteiger partial charge in [-0.3, -0.25) is 10.6 Å². The minimum absolute atomic E-state index is 0.300. The number of halogens is 4. The topological polar surface area (TPSA) is 95.1 Å². The summed E-state index contributed by atoms with van der Waals surface area (Å²) in [6.45, 7) is 8.25. The highest BCUT2D eigenvalue weighted by Gasteiger charge is 2.24. The summed E-state index contributed by atoms with van der Waals surface area (Å²) in [6.07, 6.45) is 2.03. The van der Waals surface area contributed by atoms with Gasteiger partial charge in [0.1, 0.15) is 23.7 Å². The van der Waals surface area contributed by atoms with Gasteiger partial charge in [-0.2, -0.15) is 0 Å². The Bertz CT molecular complexity index is 1150. The zero-order chi connectivity index (χ0) is 32.8. The summed E-state index contributed by atoms with van der Waals surface area (Å²) in [5.41, 5.74) is 0. The number of carbonyl (C=O) groups is 2. The van der Waals surface area contributed by atoms with Crippen LogP contribution in [0.25, 0.3) is 0 Å². The van der Waals surface area contributed by atoms with E-state index in [1.165, 1.54) is 0 Å². The first-order valence-electron chi connectivity index (χ1n) is 14.5. The molecule has 0 amide bonds. The summed E-state index contributed by atoms with van der Waals surface area (Å²) in [6, 6.07) is 9.98. The van der Waals surface area contributed by atoms with Crippen LogP contribution >= 0.6 is 46.4 Å². The fraction of sp³-hybridized carbons (Fsp3) is 0.500. The Kier molecular flexibility index (Phi) is 16.7. The molecule has 0 radical (unpaired) electrons. The quantitative estimate of drug-likeness (QED) is 0.0920. The van der Waals surface area contributed by atoms with Gasteiger partial charge in [0, 0.05) is 47.2 Å². The molecule has 0 heterocycles. The van der Waals surface area contributed by atoms with E-state index in [4.69, 9.17) is 65.4 Å². The van der Waals surface area contributed by atoms with Gasteiger partial charge in [0.2, 0.25) is 0 Å². The second kappa shape index (κ2) is 19.3. The molecule has 0 aliphatic rings. The third-order valence-electron chi connectivity index (χ3n) is 6.31. The van der Waals surface area contributed by atoms with Gasteiger partial charge in [0.05, 0.1) is 10.0 Å². The molecular weight excluding hydrogens is 650 g/mol. The van der Waals surface area contributed by atoms with Crippen LogP contribution in [0, 0.1) is 11.8 Å². The van der Waals surface area contributed by atoms with Gasteiger partial charge in [-0.05, 0) is 63.0 Å². The largest absolute Gasteiger partial charge is 0.489 e. The van der Waals surface area contributed by atoms with Crippen LogP contribution in [0.2, 0.25) is 20.1 Å². The predicted octanol–water partition coefficient (Wildman–Crippen LogP) is 8.10. The summed E-state index contributed by atoms with van der Waals surface area (Å²) < 4.78 is 23.4. The zero-order valence-electron chi connectivity index (χ0n) is 25.9. The molecule has 0 spiro atoms. The number of hydrogen-bond donors (Lipinski definition) is 2. The Labute approximate surface area is 280 Å². The van der Waals surface area contributed by atoms with Crippen LogP contribution in [0.1, 0.15) is 53.4 Å². The predicted molar refractivity (Wildman–Crippen MR) is 177 cm³/mol. The van der Waals surface area contributed by atoms with Crippen molar-refractivity contribution in [3.05, 3.63) is 68.6 Å². The molecule has 0 saturated heterocycles. The smallest absolute Gasteiger partial charge is 0.332 e. The fourth-order valence-electron chi connectivity index (χ4n) is 4.35. The van der Waals surface area contributed by atoms with Crippen molar-refractivity contribution in [3.8, 4) is 11.5 Å². The van der Waals surface area contributed by atoms with Gasteiger partial charge in [0.25, 0.3) is 0 Å². The van der Waals surface area contributed by atoms with Gasteiger partial charge in [-0.1, -0.05) is 74.1 Å². The molecule has 244 valence electrons. The van der Waals surface area contributed by atoms with Crippen molar-refractivity contribution in [2.45, 2.75) is 78.0 Å². The maximum atomic E-state index is 12.6. The van der Waals surface area contributed by atoms with E-state index in [0.717, 1.165) is 12.2 Å². The molecule has 0 saturated carbocycles. The van der Waals surface area contributed by atoms with Crippen molar-refractivity contribution < 1.29 is 28.5 Å². The SMILES string of the molecule is CNC(CC(CC(C)C)Oc1cc(Cl)ccc1Cl)OC(=O)/C=C/C(=O)OC(CC(CC(C)C)Oc1cc(Cl)ccc1Cl)NC. The van der Waals surface area contributed by atoms with Gasteiger partial charge in [0.15, 0.2) is 12.5 Å². The van der Waals surface area contributed by atoms with Crippen molar-refractivity contribution in [2.75, 3.05) is 14.1 Å². The highest BCUT2D eigenvalue weighted by Crippen LogP contribution is 2.31. The van der Waals surface area contributed by atoms with Gasteiger partial charge < -0.3 is 18.9 Å². The van der Waals surface area contributed by atoms with E-state index >= 15 is 0 Å². The van der Waals surface area contributed by atoms with Crippen molar-refractivity contribution in [3.63, 3.8) is 0 Å². The van der Waals surface area contributed by atoms with E-state index in [0.29, 0.717) is 69.1 Å². The number of ether oxygens (including phenoxy) is 4.